The van der Waals surface area contributed by atoms with E-state index in [1.807, 2.05) is 18.2 Å². The summed E-state index contributed by atoms with van der Waals surface area (Å²) in [4.78, 5) is 4.57. The number of fused-ring (bicyclic) bond motifs is 1. The summed E-state index contributed by atoms with van der Waals surface area (Å²) in [6.07, 6.45) is 0. The first-order valence-electron chi connectivity index (χ1n) is 5.92. The van der Waals surface area contributed by atoms with Crippen molar-refractivity contribution in [3.63, 3.8) is 0 Å². The van der Waals surface area contributed by atoms with Gasteiger partial charge in [0.1, 0.15) is 0 Å². The fraction of sp³-hybridized carbons (Fsp3) is 0.133. The highest BCUT2D eigenvalue weighted by molar-refractivity contribution is 7.22. The van der Waals surface area contributed by atoms with Crippen molar-refractivity contribution in [1.82, 2.24) is 4.98 Å². The molecule has 1 N–H and O–H groups in total. The van der Waals surface area contributed by atoms with Crippen LogP contribution in [0.4, 0.5) is 10.8 Å². The molecule has 18 heavy (non-hydrogen) atoms. The quantitative estimate of drug-likeness (QED) is 0.719. The van der Waals surface area contributed by atoms with Crippen molar-refractivity contribution in [2.75, 3.05) is 5.32 Å². The summed E-state index contributed by atoms with van der Waals surface area (Å²) in [6.45, 7) is 4.25. The lowest BCUT2D eigenvalue weighted by atomic mass is 10.1. The Morgan fingerprint density at radius 3 is 2.61 bits per heavy atom. The van der Waals surface area contributed by atoms with E-state index >= 15 is 0 Å². The van der Waals surface area contributed by atoms with Gasteiger partial charge in [-0.1, -0.05) is 29.5 Å². The Labute approximate surface area is 110 Å². The number of thiazole rings is 1. The molecule has 0 fully saturated rings. The van der Waals surface area contributed by atoms with Crippen LogP contribution in [0.3, 0.4) is 0 Å². The van der Waals surface area contributed by atoms with Gasteiger partial charge >= 0.3 is 0 Å². The summed E-state index contributed by atoms with van der Waals surface area (Å²) < 4.78 is 1.21. The molecular weight excluding hydrogens is 240 g/mol. The molecule has 0 unspecified atom stereocenters. The average molecular weight is 254 g/mol. The minimum atomic E-state index is 0.944. The summed E-state index contributed by atoms with van der Waals surface area (Å²) in [7, 11) is 0. The molecule has 0 aliphatic carbocycles. The Bertz CT molecular complexity index is 668. The van der Waals surface area contributed by atoms with Crippen molar-refractivity contribution in [3.8, 4) is 0 Å². The van der Waals surface area contributed by atoms with Gasteiger partial charge in [0.25, 0.3) is 0 Å². The summed E-state index contributed by atoms with van der Waals surface area (Å²) in [5, 5.41) is 4.31. The fourth-order valence-electron chi connectivity index (χ4n) is 1.87. The van der Waals surface area contributed by atoms with Crippen LogP contribution in [0.5, 0.6) is 0 Å². The number of anilines is 2. The zero-order valence-electron chi connectivity index (χ0n) is 10.4. The van der Waals surface area contributed by atoms with E-state index in [2.05, 4.69) is 48.4 Å². The minimum absolute atomic E-state index is 0.944. The third kappa shape index (κ3) is 2.09. The van der Waals surface area contributed by atoms with Gasteiger partial charge in [-0.3, -0.25) is 0 Å². The molecule has 1 aromatic heterocycles. The normalized spacial score (nSPS) is 10.8. The van der Waals surface area contributed by atoms with Crippen LogP contribution >= 0.6 is 11.3 Å². The summed E-state index contributed by atoms with van der Waals surface area (Å²) in [5.74, 6) is 0. The Hall–Kier alpha value is -1.87. The van der Waals surface area contributed by atoms with E-state index in [-0.39, 0.29) is 0 Å². The average Bonchev–Trinajstić information content (AvgIpc) is 2.76. The first-order chi connectivity index (χ1) is 8.72. The van der Waals surface area contributed by atoms with E-state index in [0.29, 0.717) is 0 Å². The second-order valence-electron chi connectivity index (χ2n) is 4.41. The smallest absolute Gasteiger partial charge is 0.188 e. The lowest BCUT2D eigenvalue weighted by Crippen LogP contribution is -1.90. The van der Waals surface area contributed by atoms with E-state index in [1.54, 1.807) is 11.3 Å². The first-order valence-corrected chi connectivity index (χ1v) is 6.74. The van der Waals surface area contributed by atoms with Crippen molar-refractivity contribution in [1.29, 1.82) is 0 Å². The Morgan fingerprint density at radius 2 is 1.83 bits per heavy atom. The molecule has 3 rings (SSSR count). The molecule has 90 valence electrons. The lowest BCUT2D eigenvalue weighted by molar-refractivity contribution is 1.33. The molecule has 0 atom stereocenters. The van der Waals surface area contributed by atoms with Crippen molar-refractivity contribution in [2.24, 2.45) is 0 Å². The molecule has 0 aliphatic heterocycles. The van der Waals surface area contributed by atoms with Crippen LogP contribution in [0, 0.1) is 13.8 Å². The van der Waals surface area contributed by atoms with Gasteiger partial charge in [0, 0.05) is 5.69 Å². The van der Waals surface area contributed by atoms with Crippen LogP contribution in [-0.4, -0.2) is 4.98 Å². The van der Waals surface area contributed by atoms with Crippen molar-refractivity contribution >= 4 is 32.4 Å². The third-order valence-corrected chi connectivity index (χ3v) is 4.00. The van der Waals surface area contributed by atoms with Crippen molar-refractivity contribution in [3.05, 3.63) is 53.6 Å². The van der Waals surface area contributed by atoms with Crippen LogP contribution in [0.1, 0.15) is 11.1 Å². The van der Waals surface area contributed by atoms with Gasteiger partial charge in [0.2, 0.25) is 0 Å². The summed E-state index contributed by atoms with van der Waals surface area (Å²) in [5.41, 5.74) is 4.75. The van der Waals surface area contributed by atoms with Gasteiger partial charge < -0.3 is 5.32 Å². The molecule has 0 saturated heterocycles. The maximum Gasteiger partial charge on any atom is 0.188 e. The van der Waals surface area contributed by atoms with Gasteiger partial charge in [0.05, 0.1) is 10.2 Å². The maximum absolute atomic E-state index is 4.57. The predicted molar refractivity (Wildman–Crippen MR) is 78.8 cm³/mol. The Morgan fingerprint density at radius 1 is 1.00 bits per heavy atom. The molecule has 0 saturated carbocycles. The molecular formula is C15H14N2S. The second kappa shape index (κ2) is 4.42. The molecule has 3 heteroatoms. The van der Waals surface area contributed by atoms with Crippen LogP contribution in [0.25, 0.3) is 10.2 Å². The lowest BCUT2D eigenvalue weighted by Gasteiger charge is -2.05. The molecule has 0 radical (unpaired) electrons. The van der Waals surface area contributed by atoms with Crippen molar-refractivity contribution < 1.29 is 0 Å². The number of aromatic nitrogens is 1. The highest BCUT2D eigenvalue weighted by Crippen LogP contribution is 2.28. The standard InChI is InChI=1S/C15H14N2S/c1-10-7-8-12(9-11(10)2)16-15-17-13-5-3-4-6-14(13)18-15/h3-9H,1-2H3,(H,16,17). The largest absolute Gasteiger partial charge is 0.332 e. The monoisotopic (exact) mass is 254 g/mol. The fourth-order valence-corrected chi connectivity index (χ4v) is 2.75. The number of hydrogen-bond donors (Lipinski definition) is 1. The van der Waals surface area contributed by atoms with Crippen LogP contribution in [-0.2, 0) is 0 Å². The molecule has 0 spiro atoms. The molecule has 0 bridgehead atoms. The number of benzene rings is 2. The van der Waals surface area contributed by atoms with Crippen LogP contribution < -0.4 is 5.32 Å². The number of nitrogens with one attached hydrogen (secondary N) is 1. The van der Waals surface area contributed by atoms with E-state index in [0.717, 1.165) is 16.3 Å². The van der Waals surface area contributed by atoms with E-state index in [1.165, 1.54) is 15.8 Å². The number of nitrogens with zero attached hydrogens (tertiary/aromatic N) is 1. The predicted octanol–water partition coefficient (Wildman–Crippen LogP) is 4.66. The number of aryl methyl sites for hydroxylation is 2. The van der Waals surface area contributed by atoms with E-state index < -0.39 is 0 Å². The number of rotatable bonds is 2. The topological polar surface area (TPSA) is 24.9 Å². The van der Waals surface area contributed by atoms with Gasteiger partial charge in [0.15, 0.2) is 5.13 Å². The number of para-hydroxylation sites is 1. The molecule has 2 aromatic carbocycles. The molecule has 3 aromatic rings. The second-order valence-corrected chi connectivity index (χ2v) is 5.44. The third-order valence-electron chi connectivity index (χ3n) is 3.05. The van der Waals surface area contributed by atoms with Crippen LogP contribution in [0.15, 0.2) is 42.5 Å². The molecule has 0 amide bonds. The van der Waals surface area contributed by atoms with E-state index in [9.17, 15) is 0 Å². The zero-order valence-corrected chi connectivity index (χ0v) is 11.2. The van der Waals surface area contributed by atoms with Gasteiger partial charge in [-0.15, -0.1) is 0 Å². The molecule has 0 aliphatic rings. The van der Waals surface area contributed by atoms with Crippen LogP contribution in [0.2, 0.25) is 0 Å². The summed E-state index contributed by atoms with van der Waals surface area (Å²) in [6, 6.07) is 14.6. The molecule has 1 heterocycles. The summed E-state index contributed by atoms with van der Waals surface area (Å²) >= 11 is 1.68. The van der Waals surface area contributed by atoms with Crippen molar-refractivity contribution in [2.45, 2.75) is 13.8 Å². The first kappa shape index (κ1) is 11.2. The Kier molecular flexibility index (Phi) is 2.76. The zero-order chi connectivity index (χ0) is 12.5. The van der Waals surface area contributed by atoms with Gasteiger partial charge in [-0.2, -0.15) is 0 Å². The van der Waals surface area contributed by atoms with Gasteiger partial charge in [-0.05, 0) is 49.2 Å². The Balaban J connectivity index is 1.93. The SMILES string of the molecule is Cc1ccc(Nc2nc3ccccc3s2)cc1C. The molecule has 2 nitrogen and oxygen atoms in total. The van der Waals surface area contributed by atoms with Gasteiger partial charge in [-0.25, -0.2) is 4.98 Å². The maximum atomic E-state index is 4.57. The minimum Gasteiger partial charge on any atom is -0.332 e. The number of hydrogen-bond acceptors (Lipinski definition) is 3. The highest BCUT2D eigenvalue weighted by Gasteiger charge is 2.03. The van der Waals surface area contributed by atoms with E-state index in [4.69, 9.17) is 0 Å². The highest BCUT2D eigenvalue weighted by atomic mass is 32.1.